The average Bonchev–Trinajstić information content (AvgIpc) is 2.27. The number of pyridine rings is 1. The second kappa shape index (κ2) is 5.30. The number of hydrogen-bond acceptors (Lipinski definition) is 3. The van der Waals surface area contributed by atoms with Gasteiger partial charge >= 0.3 is 0 Å². The lowest BCUT2D eigenvalue weighted by molar-refractivity contribution is 0.199. The van der Waals surface area contributed by atoms with Gasteiger partial charge in [-0.1, -0.05) is 19.9 Å². The van der Waals surface area contributed by atoms with E-state index in [0.717, 1.165) is 11.4 Å². The standard InChI is InChI=1S/C13H22N2O/c1-9(2)10(3)15(5)13-7-6-12(8-14-13)11(4)16/h6-11,16H,1-5H3/t10?,11-/m1/s1. The first-order chi connectivity index (χ1) is 7.43. The van der Waals surface area contributed by atoms with E-state index >= 15 is 0 Å². The van der Waals surface area contributed by atoms with Crippen molar-refractivity contribution in [3.63, 3.8) is 0 Å². The van der Waals surface area contributed by atoms with Gasteiger partial charge < -0.3 is 10.0 Å². The lowest BCUT2D eigenvalue weighted by Crippen LogP contribution is -2.33. The van der Waals surface area contributed by atoms with Gasteiger partial charge in [0.2, 0.25) is 0 Å². The number of aromatic nitrogens is 1. The predicted octanol–water partition coefficient (Wildman–Crippen LogP) is 2.62. The highest BCUT2D eigenvalue weighted by atomic mass is 16.3. The fourth-order valence-electron chi connectivity index (χ4n) is 1.51. The average molecular weight is 222 g/mol. The Morgan fingerprint density at radius 1 is 1.19 bits per heavy atom. The van der Waals surface area contributed by atoms with Crippen molar-refractivity contribution in [3.05, 3.63) is 23.9 Å². The Bertz CT molecular complexity index is 319. The summed E-state index contributed by atoms with van der Waals surface area (Å²) in [6.45, 7) is 8.34. The van der Waals surface area contributed by atoms with Gasteiger partial charge in [0.25, 0.3) is 0 Å². The van der Waals surface area contributed by atoms with Gasteiger partial charge in [0.05, 0.1) is 6.10 Å². The third-order valence-electron chi connectivity index (χ3n) is 3.19. The van der Waals surface area contributed by atoms with E-state index in [-0.39, 0.29) is 0 Å². The molecule has 1 aromatic rings. The number of anilines is 1. The molecule has 0 amide bonds. The molecule has 1 heterocycles. The zero-order valence-corrected chi connectivity index (χ0v) is 10.8. The highest BCUT2D eigenvalue weighted by Gasteiger charge is 2.14. The van der Waals surface area contributed by atoms with E-state index in [0.29, 0.717) is 12.0 Å². The fraction of sp³-hybridized carbons (Fsp3) is 0.615. The van der Waals surface area contributed by atoms with Gasteiger partial charge in [-0.2, -0.15) is 0 Å². The molecule has 1 unspecified atom stereocenters. The minimum Gasteiger partial charge on any atom is -0.389 e. The van der Waals surface area contributed by atoms with Crippen LogP contribution >= 0.6 is 0 Å². The molecule has 0 radical (unpaired) electrons. The van der Waals surface area contributed by atoms with Crippen LogP contribution in [0.2, 0.25) is 0 Å². The van der Waals surface area contributed by atoms with Crippen molar-refractivity contribution >= 4 is 5.82 Å². The maximum absolute atomic E-state index is 9.40. The zero-order chi connectivity index (χ0) is 12.3. The summed E-state index contributed by atoms with van der Waals surface area (Å²) >= 11 is 0. The Morgan fingerprint density at radius 2 is 1.81 bits per heavy atom. The van der Waals surface area contributed by atoms with Crippen LogP contribution in [0.1, 0.15) is 39.4 Å². The summed E-state index contributed by atoms with van der Waals surface area (Å²) in [6, 6.07) is 4.34. The van der Waals surface area contributed by atoms with Crippen LogP contribution in [0, 0.1) is 5.92 Å². The molecular formula is C13H22N2O. The first-order valence-electron chi connectivity index (χ1n) is 5.80. The number of hydrogen-bond donors (Lipinski definition) is 1. The van der Waals surface area contributed by atoms with Crippen LogP contribution in [0.5, 0.6) is 0 Å². The van der Waals surface area contributed by atoms with E-state index in [1.807, 2.05) is 12.1 Å². The Labute approximate surface area is 98.1 Å². The molecule has 90 valence electrons. The second-order valence-electron chi connectivity index (χ2n) is 4.72. The van der Waals surface area contributed by atoms with E-state index in [4.69, 9.17) is 0 Å². The van der Waals surface area contributed by atoms with Crippen LogP contribution in [0.3, 0.4) is 0 Å². The van der Waals surface area contributed by atoms with Gasteiger partial charge in [-0.25, -0.2) is 4.98 Å². The first kappa shape index (κ1) is 13.0. The van der Waals surface area contributed by atoms with Crippen molar-refractivity contribution in [2.24, 2.45) is 5.92 Å². The molecule has 16 heavy (non-hydrogen) atoms. The molecule has 1 N–H and O–H groups in total. The summed E-state index contributed by atoms with van der Waals surface area (Å²) in [7, 11) is 2.05. The highest BCUT2D eigenvalue weighted by molar-refractivity contribution is 5.39. The van der Waals surface area contributed by atoms with Crippen LogP contribution in [0.25, 0.3) is 0 Å². The minimum absolute atomic E-state index is 0.449. The number of rotatable bonds is 4. The SMILES string of the molecule is CC(C)C(C)N(C)c1ccc([C@@H](C)O)cn1. The maximum Gasteiger partial charge on any atom is 0.128 e. The summed E-state index contributed by atoms with van der Waals surface area (Å²) in [5, 5.41) is 9.40. The van der Waals surface area contributed by atoms with Gasteiger partial charge in [0, 0.05) is 19.3 Å². The fourth-order valence-corrected chi connectivity index (χ4v) is 1.51. The summed E-state index contributed by atoms with van der Waals surface area (Å²) in [4.78, 5) is 6.53. The number of aliphatic hydroxyl groups is 1. The third kappa shape index (κ3) is 2.95. The van der Waals surface area contributed by atoms with Crippen molar-refractivity contribution in [2.75, 3.05) is 11.9 Å². The van der Waals surface area contributed by atoms with Crippen molar-refractivity contribution < 1.29 is 5.11 Å². The lowest BCUT2D eigenvalue weighted by atomic mass is 10.1. The molecule has 0 aliphatic carbocycles. The van der Waals surface area contributed by atoms with Crippen LogP contribution in [-0.2, 0) is 0 Å². The molecular weight excluding hydrogens is 200 g/mol. The number of aliphatic hydroxyl groups excluding tert-OH is 1. The Hall–Kier alpha value is -1.09. The second-order valence-corrected chi connectivity index (χ2v) is 4.72. The van der Waals surface area contributed by atoms with Gasteiger partial charge in [-0.05, 0) is 31.4 Å². The molecule has 3 heteroatoms. The van der Waals surface area contributed by atoms with Gasteiger partial charge in [-0.15, -0.1) is 0 Å². The molecule has 0 aliphatic heterocycles. The van der Waals surface area contributed by atoms with E-state index < -0.39 is 6.10 Å². The van der Waals surface area contributed by atoms with Crippen LogP contribution in [0.4, 0.5) is 5.82 Å². The van der Waals surface area contributed by atoms with Gasteiger partial charge in [0.15, 0.2) is 0 Å². The first-order valence-corrected chi connectivity index (χ1v) is 5.80. The Balaban J connectivity index is 2.81. The Kier molecular flexibility index (Phi) is 4.30. The van der Waals surface area contributed by atoms with Gasteiger partial charge in [-0.3, -0.25) is 0 Å². The van der Waals surface area contributed by atoms with Crippen molar-refractivity contribution in [1.82, 2.24) is 4.98 Å². The quantitative estimate of drug-likeness (QED) is 0.850. The molecule has 0 aliphatic rings. The summed E-state index contributed by atoms with van der Waals surface area (Å²) in [5.74, 6) is 1.54. The van der Waals surface area contributed by atoms with E-state index in [9.17, 15) is 5.11 Å². The lowest BCUT2D eigenvalue weighted by Gasteiger charge is -2.29. The van der Waals surface area contributed by atoms with Crippen molar-refractivity contribution in [1.29, 1.82) is 0 Å². The molecule has 0 spiro atoms. The summed E-state index contributed by atoms with van der Waals surface area (Å²) in [5.41, 5.74) is 0.856. The molecule has 2 atom stereocenters. The van der Waals surface area contributed by atoms with E-state index in [2.05, 4.69) is 37.7 Å². The largest absolute Gasteiger partial charge is 0.389 e. The highest BCUT2D eigenvalue weighted by Crippen LogP contribution is 2.18. The Morgan fingerprint density at radius 3 is 2.19 bits per heavy atom. The summed E-state index contributed by atoms with van der Waals surface area (Å²) < 4.78 is 0. The van der Waals surface area contributed by atoms with Crippen molar-refractivity contribution in [2.45, 2.75) is 39.8 Å². The monoisotopic (exact) mass is 222 g/mol. The normalized spacial score (nSPS) is 14.9. The smallest absolute Gasteiger partial charge is 0.128 e. The molecule has 0 fully saturated rings. The van der Waals surface area contributed by atoms with Crippen molar-refractivity contribution in [3.8, 4) is 0 Å². The summed E-state index contributed by atoms with van der Waals surface area (Å²) in [6.07, 6.45) is 1.29. The maximum atomic E-state index is 9.40. The van der Waals surface area contributed by atoms with E-state index in [1.54, 1.807) is 13.1 Å². The molecule has 0 aromatic carbocycles. The third-order valence-corrected chi connectivity index (χ3v) is 3.19. The van der Waals surface area contributed by atoms with Crippen LogP contribution in [0.15, 0.2) is 18.3 Å². The minimum atomic E-state index is -0.450. The molecule has 1 aromatic heterocycles. The van der Waals surface area contributed by atoms with Crippen LogP contribution < -0.4 is 4.90 Å². The molecule has 1 rings (SSSR count). The molecule has 0 bridgehead atoms. The molecule has 3 nitrogen and oxygen atoms in total. The van der Waals surface area contributed by atoms with Crippen LogP contribution in [-0.4, -0.2) is 23.2 Å². The zero-order valence-electron chi connectivity index (χ0n) is 10.8. The molecule has 0 saturated carbocycles. The topological polar surface area (TPSA) is 36.4 Å². The van der Waals surface area contributed by atoms with Gasteiger partial charge in [0.1, 0.15) is 5.82 Å². The molecule has 0 saturated heterocycles. The number of nitrogens with zero attached hydrogens (tertiary/aromatic N) is 2. The van der Waals surface area contributed by atoms with E-state index in [1.165, 1.54) is 0 Å². The predicted molar refractivity (Wildman–Crippen MR) is 67.6 cm³/mol.